The minimum absolute atomic E-state index is 0.102. The molecule has 1 atom stereocenters. The fourth-order valence-electron chi connectivity index (χ4n) is 2.19. The van der Waals surface area contributed by atoms with E-state index < -0.39 is 0 Å². The third kappa shape index (κ3) is 2.84. The number of phenolic OH excluding ortho intramolecular Hbond substituents is 1. The zero-order chi connectivity index (χ0) is 14.0. The third-order valence-corrected chi connectivity index (χ3v) is 3.11. The van der Waals surface area contributed by atoms with Gasteiger partial charge in [-0.25, -0.2) is 0 Å². The summed E-state index contributed by atoms with van der Waals surface area (Å²) in [5.41, 5.74) is 1.96. The normalized spacial score (nSPS) is 12.2. The van der Waals surface area contributed by atoms with Gasteiger partial charge in [0.05, 0.1) is 13.2 Å². The summed E-state index contributed by atoms with van der Waals surface area (Å²) in [6.07, 6.45) is 0. The van der Waals surface area contributed by atoms with Crippen molar-refractivity contribution in [1.82, 2.24) is 0 Å². The van der Waals surface area contributed by atoms with Crippen molar-refractivity contribution >= 4 is 5.69 Å². The van der Waals surface area contributed by atoms with Crippen molar-refractivity contribution < 1.29 is 14.3 Å². The van der Waals surface area contributed by atoms with Gasteiger partial charge in [0, 0.05) is 17.3 Å². The van der Waals surface area contributed by atoms with Crippen LogP contribution in [0.3, 0.4) is 0 Å². The molecule has 0 radical (unpaired) electrons. The first kappa shape index (κ1) is 13.3. The van der Waals surface area contributed by atoms with Crippen LogP contribution >= 0.6 is 0 Å². The number of furan rings is 1. The second-order valence-corrected chi connectivity index (χ2v) is 4.62. The second-order valence-electron chi connectivity index (χ2n) is 4.62. The van der Waals surface area contributed by atoms with Crippen LogP contribution in [0.5, 0.6) is 11.5 Å². The summed E-state index contributed by atoms with van der Waals surface area (Å²) in [6, 6.07) is 7.38. The Morgan fingerprint density at radius 3 is 2.53 bits per heavy atom. The molecule has 4 heteroatoms. The molecule has 2 N–H and O–H groups in total. The molecule has 2 aromatic rings. The van der Waals surface area contributed by atoms with Crippen molar-refractivity contribution in [2.75, 3.05) is 12.4 Å². The summed E-state index contributed by atoms with van der Waals surface area (Å²) < 4.78 is 10.5. The molecule has 0 saturated carbocycles. The van der Waals surface area contributed by atoms with Gasteiger partial charge in [0.1, 0.15) is 11.5 Å². The molecule has 19 heavy (non-hydrogen) atoms. The summed E-state index contributed by atoms with van der Waals surface area (Å²) in [7, 11) is 1.53. The van der Waals surface area contributed by atoms with Gasteiger partial charge in [0.15, 0.2) is 11.5 Å². The fourth-order valence-corrected chi connectivity index (χ4v) is 2.19. The summed E-state index contributed by atoms with van der Waals surface area (Å²) in [6.45, 7) is 5.94. The molecule has 0 aliphatic heterocycles. The van der Waals surface area contributed by atoms with E-state index in [4.69, 9.17) is 9.15 Å². The van der Waals surface area contributed by atoms with E-state index in [1.54, 1.807) is 12.1 Å². The standard InChI is InChI=1S/C15H19NO3/c1-9-7-13(11(3)19-9)10(2)16-12-5-6-15(18-4)14(17)8-12/h5-8,10,16-17H,1-4H3. The van der Waals surface area contributed by atoms with Crippen molar-refractivity contribution in [3.8, 4) is 11.5 Å². The van der Waals surface area contributed by atoms with Crippen LogP contribution in [0.25, 0.3) is 0 Å². The van der Waals surface area contributed by atoms with Crippen molar-refractivity contribution in [3.63, 3.8) is 0 Å². The Morgan fingerprint density at radius 2 is 2.00 bits per heavy atom. The summed E-state index contributed by atoms with van der Waals surface area (Å²) in [5.74, 6) is 2.40. The lowest BCUT2D eigenvalue weighted by atomic mass is 10.1. The molecule has 1 aromatic heterocycles. The highest BCUT2D eigenvalue weighted by atomic mass is 16.5. The smallest absolute Gasteiger partial charge is 0.160 e. The highest BCUT2D eigenvalue weighted by molar-refractivity contribution is 5.55. The lowest BCUT2D eigenvalue weighted by Gasteiger charge is -2.15. The number of anilines is 1. The van der Waals surface area contributed by atoms with Crippen molar-refractivity contribution in [2.24, 2.45) is 0 Å². The van der Waals surface area contributed by atoms with E-state index in [2.05, 4.69) is 12.2 Å². The molecule has 2 rings (SSSR count). The van der Waals surface area contributed by atoms with Gasteiger partial charge in [0.25, 0.3) is 0 Å². The molecule has 0 bridgehead atoms. The van der Waals surface area contributed by atoms with Gasteiger partial charge in [-0.2, -0.15) is 0 Å². The Morgan fingerprint density at radius 1 is 1.26 bits per heavy atom. The topological polar surface area (TPSA) is 54.6 Å². The number of methoxy groups -OCH3 is 1. The van der Waals surface area contributed by atoms with Gasteiger partial charge in [-0.3, -0.25) is 0 Å². The maximum atomic E-state index is 9.75. The number of benzene rings is 1. The van der Waals surface area contributed by atoms with Crippen LogP contribution in [-0.4, -0.2) is 12.2 Å². The predicted octanol–water partition coefficient (Wildman–Crippen LogP) is 3.78. The average Bonchev–Trinajstić information content (AvgIpc) is 2.69. The molecule has 1 unspecified atom stereocenters. The molecule has 102 valence electrons. The van der Waals surface area contributed by atoms with Crippen LogP contribution in [-0.2, 0) is 0 Å². The number of nitrogens with one attached hydrogen (secondary N) is 1. The first-order chi connectivity index (χ1) is 9.01. The molecular formula is C15H19NO3. The summed E-state index contributed by atoms with van der Waals surface area (Å²) in [5, 5.41) is 13.1. The van der Waals surface area contributed by atoms with Crippen LogP contribution in [0, 0.1) is 13.8 Å². The van der Waals surface area contributed by atoms with Crippen LogP contribution in [0.1, 0.15) is 30.0 Å². The third-order valence-electron chi connectivity index (χ3n) is 3.11. The summed E-state index contributed by atoms with van der Waals surface area (Å²) >= 11 is 0. The van der Waals surface area contributed by atoms with Crippen molar-refractivity contribution in [2.45, 2.75) is 26.8 Å². The Hall–Kier alpha value is -2.10. The molecular weight excluding hydrogens is 242 g/mol. The number of hydrogen-bond acceptors (Lipinski definition) is 4. The SMILES string of the molecule is COc1ccc(NC(C)c2cc(C)oc2C)cc1O. The van der Waals surface area contributed by atoms with E-state index in [0.717, 1.165) is 22.8 Å². The van der Waals surface area contributed by atoms with E-state index in [0.29, 0.717) is 5.75 Å². The van der Waals surface area contributed by atoms with E-state index in [-0.39, 0.29) is 11.8 Å². The molecule has 0 amide bonds. The van der Waals surface area contributed by atoms with Crippen LogP contribution in [0.2, 0.25) is 0 Å². The Balaban J connectivity index is 2.17. The number of ether oxygens (including phenoxy) is 1. The number of rotatable bonds is 4. The number of phenols is 1. The molecule has 0 fully saturated rings. The largest absolute Gasteiger partial charge is 0.504 e. The minimum atomic E-state index is 0.102. The zero-order valence-electron chi connectivity index (χ0n) is 11.7. The number of hydrogen-bond donors (Lipinski definition) is 2. The van der Waals surface area contributed by atoms with Gasteiger partial charge < -0.3 is 19.6 Å². The van der Waals surface area contributed by atoms with E-state index in [1.165, 1.54) is 7.11 Å². The predicted molar refractivity (Wildman–Crippen MR) is 74.9 cm³/mol. The van der Waals surface area contributed by atoms with Gasteiger partial charge in [-0.05, 0) is 39.0 Å². The van der Waals surface area contributed by atoms with E-state index in [9.17, 15) is 5.11 Å². The molecule has 0 aliphatic rings. The van der Waals surface area contributed by atoms with E-state index >= 15 is 0 Å². The van der Waals surface area contributed by atoms with Crippen LogP contribution in [0.4, 0.5) is 5.69 Å². The van der Waals surface area contributed by atoms with Gasteiger partial charge in [-0.15, -0.1) is 0 Å². The fraction of sp³-hybridized carbons (Fsp3) is 0.333. The highest BCUT2D eigenvalue weighted by Gasteiger charge is 2.13. The molecule has 1 aromatic carbocycles. The quantitative estimate of drug-likeness (QED) is 0.879. The molecule has 1 heterocycles. The van der Waals surface area contributed by atoms with Crippen LogP contribution in [0.15, 0.2) is 28.7 Å². The first-order valence-corrected chi connectivity index (χ1v) is 6.21. The maximum Gasteiger partial charge on any atom is 0.160 e. The maximum absolute atomic E-state index is 9.75. The molecule has 0 saturated heterocycles. The Kier molecular flexibility index (Phi) is 3.69. The van der Waals surface area contributed by atoms with Gasteiger partial charge in [-0.1, -0.05) is 0 Å². The van der Waals surface area contributed by atoms with E-state index in [1.807, 2.05) is 26.0 Å². The number of aryl methyl sites for hydroxylation is 2. The van der Waals surface area contributed by atoms with Crippen molar-refractivity contribution in [1.29, 1.82) is 0 Å². The molecule has 0 aliphatic carbocycles. The first-order valence-electron chi connectivity index (χ1n) is 6.21. The average molecular weight is 261 g/mol. The number of aromatic hydroxyl groups is 1. The summed E-state index contributed by atoms with van der Waals surface area (Å²) in [4.78, 5) is 0. The second kappa shape index (κ2) is 5.26. The molecule has 4 nitrogen and oxygen atoms in total. The lowest BCUT2D eigenvalue weighted by molar-refractivity contribution is 0.373. The minimum Gasteiger partial charge on any atom is -0.504 e. The van der Waals surface area contributed by atoms with Crippen LogP contribution < -0.4 is 10.1 Å². The highest BCUT2D eigenvalue weighted by Crippen LogP contribution is 2.31. The van der Waals surface area contributed by atoms with Crippen molar-refractivity contribution in [3.05, 3.63) is 41.3 Å². The zero-order valence-corrected chi connectivity index (χ0v) is 11.7. The van der Waals surface area contributed by atoms with Gasteiger partial charge >= 0.3 is 0 Å². The van der Waals surface area contributed by atoms with Gasteiger partial charge in [0.2, 0.25) is 0 Å². The Labute approximate surface area is 113 Å². The monoisotopic (exact) mass is 261 g/mol. The Bertz CT molecular complexity index is 575. The lowest BCUT2D eigenvalue weighted by Crippen LogP contribution is -2.06. The molecule has 0 spiro atoms.